The number of methoxy groups -OCH3 is 1. The van der Waals surface area contributed by atoms with Crippen LogP contribution in [0, 0.1) is 6.92 Å². The number of nitrogens with one attached hydrogen (secondary N) is 2. The summed E-state index contributed by atoms with van der Waals surface area (Å²) < 4.78 is 7.22. The van der Waals surface area contributed by atoms with Crippen LogP contribution >= 0.6 is 0 Å². The van der Waals surface area contributed by atoms with Crippen molar-refractivity contribution in [3.05, 3.63) is 47.9 Å². The highest BCUT2D eigenvalue weighted by Crippen LogP contribution is 2.28. The summed E-state index contributed by atoms with van der Waals surface area (Å²) in [7, 11) is 3.45. The Labute approximate surface area is 146 Å². The maximum absolute atomic E-state index is 5.79. The van der Waals surface area contributed by atoms with Gasteiger partial charge in [0.1, 0.15) is 17.3 Å². The Hall–Kier alpha value is -3.13. The molecule has 2 heterocycles. The second-order valence-corrected chi connectivity index (χ2v) is 5.42. The van der Waals surface area contributed by atoms with E-state index in [1.54, 1.807) is 18.0 Å². The molecule has 1 aromatic carbocycles. The summed E-state index contributed by atoms with van der Waals surface area (Å²) in [4.78, 5) is 8.82. The third-order valence-electron chi connectivity index (χ3n) is 3.70. The molecule has 130 valence electrons. The molecule has 0 atom stereocenters. The van der Waals surface area contributed by atoms with E-state index in [0.717, 1.165) is 28.6 Å². The van der Waals surface area contributed by atoms with Crippen LogP contribution in [0.5, 0.6) is 5.75 Å². The Morgan fingerprint density at radius 1 is 1.20 bits per heavy atom. The molecule has 8 nitrogen and oxygen atoms in total. The summed E-state index contributed by atoms with van der Waals surface area (Å²) in [6.07, 6.45) is 1.71. The molecule has 0 unspecified atom stereocenters. The van der Waals surface area contributed by atoms with Crippen LogP contribution in [-0.4, -0.2) is 33.9 Å². The normalized spacial score (nSPS) is 10.6. The average Bonchev–Trinajstić information content (AvgIpc) is 3.09. The lowest BCUT2D eigenvalue weighted by Gasteiger charge is -2.14. The third kappa shape index (κ3) is 3.53. The third-order valence-corrected chi connectivity index (χ3v) is 3.70. The van der Waals surface area contributed by atoms with Crippen molar-refractivity contribution in [3.8, 4) is 11.4 Å². The molecular weight excluding hydrogens is 318 g/mol. The van der Waals surface area contributed by atoms with Crippen LogP contribution in [0.25, 0.3) is 5.69 Å². The molecule has 4 N–H and O–H groups in total. The fraction of sp³-hybridized carbons (Fsp3) is 0.235. The second-order valence-electron chi connectivity index (χ2n) is 5.42. The van der Waals surface area contributed by atoms with Crippen molar-refractivity contribution in [2.75, 3.05) is 24.8 Å². The molecule has 0 bridgehead atoms. The molecule has 0 aliphatic carbocycles. The van der Waals surface area contributed by atoms with E-state index in [2.05, 4.69) is 25.7 Å². The molecule has 3 aromatic rings. The van der Waals surface area contributed by atoms with Crippen molar-refractivity contribution in [1.29, 1.82) is 0 Å². The van der Waals surface area contributed by atoms with Crippen LogP contribution in [0.2, 0.25) is 0 Å². The molecule has 0 fully saturated rings. The zero-order valence-electron chi connectivity index (χ0n) is 14.4. The van der Waals surface area contributed by atoms with E-state index in [4.69, 9.17) is 10.5 Å². The molecule has 0 aliphatic rings. The number of aryl methyl sites for hydroxylation is 1. The minimum absolute atomic E-state index is 0.382. The number of nitrogens with zero attached hydrogens (tertiary/aromatic N) is 4. The minimum atomic E-state index is 0.382. The van der Waals surface area contributed by atoms with E-state index in [1.807, 2.05) is 44.3 Å². The average molecular weight is 339 g/mol. The molecule has 0 radical (unpaired) electrons. The van der Waals surface area contributed by atoms with Gasteiger partial charge in [-0.25, -0.2) is 9.67 Å². The maximum Gasteiger partial charge on any atom is 0.229 e. The first-order valence-corrected chi connectivity index (χ1v) is 7.86. The smallest absolute Gasteiger partial charge is 0.229 e. The second kappa shape index (κ2) is 7.18. The summed E-state index contributed by atoms with van der Waals surface area (Å²) in [6.45, 7) is 2.30. The molecule has 0 aliphatic heterocycles. The standard InChI is InChI=1S/C17H21N7O/c1-11-8-16(19-2)23-17(21-11)22-12-4-5-15(25-3)14(9-12)24-13(10-18)6-7-20-24/h4-9H,10,18H2,1-3H3,(H2,19,21,22,23). The van der Waals surface area contributed by atoms with Crippen molar-refractivity contribution >= 4 is 17.5 Å². The van der Waals surface area contributed by atoms with E-state index in [9.17, 15) is 0 Å². The number of rotatable bonds is 6. The van der Waals surface area contributed by atoms with Crippen LogP contribution in [0.15, 0.2) is 36.5 Å². The number of hydrogen-bond acceptors (Lipinski definition) is 7. The van der Waals surface area contributed by atoms with Gasteiger partial charge < -0.3 is 21.1 Å². The molecule has 25 heavy (non-hydrogen) atoms. The fourth-order valence-corrected chi connectivity index (χ4v) is 2.52. The number of ether oxygens (including phenoxy) is 1. The lowest BCUT2D eigenvalue weighted by atomic mass is 10.2. The van der Waals surface area contributed by atoms with Crippen LogP contribution in [-0.2, 0) is 6.54 Å². The van der Waals surface area contributed by atoms with Gasteiger partial charge in [-0.05, 0) is 31.2 Å². The summed E-state index contributed by atoms with van der Waals surface area (Å²) >= 11 is 0. The summed E-state index contributed by atoms with van der Waals surface area (Å²) in [5.41, 5.74) is 9.16. The van der Waals surface area contributed by atoms with Gasteiger partial charge in [0, 0.05) is 37.2 Å². The monoisotopic (exact) mass is 339 g/mol. The lowest BCUT2D eigenvalue weighted by molar-refractivity contribution is 0.411. The topological polar surface area (TPSA) is 103 Å². The quantitative estimate of drug-likeness (QED) is 0.633. The van der Waals surface area contributed by atoms with E-state index in [0.29, 0.717) is 18.2 Å². The first-order chi connectivity index (χ1) is 12.1. The zero-order chi connectivity index (χ0) is 17.8. The number of nitrogens with two attached hydrogens (primary N) is 1. The van der Waals surface area contributed by atoms with E-state index >= 15 is 0 Å². The first-order valence-electron chi connectivity index (χ1n) is 7.86. The van der Waals surface area contributed by atoms with Gasteiger partial charge in [-0.2, -0.15) is 10.1 Å². The Morgan fingerprint density at radius 3 is 2.76 bits per heavy atom. The van der Waals surface area contributed by atoms with Gasteiger partial charge in [0.15, 0.2) is 0 Å². The highest BCUT2D eigenvalue weighted by molar-refractivity contribution is 5.63. The molecule has 0 amide bonds. The van der Waals surface area contributed by atoms with E-state index in [1.165, 1.54) is 0 Å². The lowest BCUT2D eigenvalue weighted by Crippen LogP contribution is -2.09. The van der Waals surface area contributed by atoms with Crippen molar-refractivity contribution in [2.24, 2.45) is 5.73 Å². The van der Waals surface area contributed by atoms with Crippen molar-refractivity contribution in [1.82, 2.24) is 19.7 Å². The van der Waals surface area contributed by atoms with Gasteiger partial charge in [-0.15, -0.1) is 0 Å². The molecule has 8 heteroatoms. The molecule has 0 saturated carbocycles. The van der Waals surface area contributed by atoms with Gasteiger partial charge in [0.05, 0.1) is 12.8 Å². The van der Waals surface area contributed by atoms with Gasteiger partial charge in [0.25, 0.3) is 0 Å². The van der Waals surface area contributed by atoms with Crippen molar-refractivity contribution in [3.63, 3.8) is 0 Å². The van der Waals surface area contributed by atoms with Gasteiger partial charge in [0.2, 0.25) is 5.95 Å². The highest BCUT2D eigenvalue weighted by Gasteiger charge is 2.11. The molecule has 0 spiro atoms. The SMILES string of the molecule is CNc1cc(C)nc(Nc2ccc(OC)c(-n3nccc3CN)c2)n1. The number of anilines is 3. The van der Waals surface area contributed by atoms with Crippen LogP contribution in [0.3, 0.4) is 0 Å². The largest absolute Gasteiger partial charge is 0.494 e. The Balaban J connectivity index is 1.99. The van der Waals surface area contributed by atoms with Gasteiger partial charge >= 0.3 is 0 Å². The highest BCUT2D eigenvalue weighted by atomic mass is 16.5. The minimum Gasteiger partial charge on any atom is -0.494 e. The molecule has 3 rings (SSSR count). The molecule has 2 aromatic heterocycles. The van der Waals surface area contributed by atoms with Crippen LogP contribution < -0.4 is 21.1 Å². The number of benzene rings is 1. The Morgan fingerprint density at radius 2 is 2.04 bits per heavy atom. The predicted molar refractivity (Wildman–Crippen MR) is 97.6 cm³/mol. The van der Waals surface area contributed by atoms with Crippen LogP contribution in [0.4, 0.5) is 17.5 Å². The van der Waals surface area contributed by atoms with Crippen molar-refractivity contribution < 1.29 is 4.74 Å². The van der Waals surface area contributed by atoms with Crippen molar-refractivity contribution in [2.45, 2.75) is 13.5 Å². The van der Waals surface area contributed by atoms with Gasteiger partial charge in [-0.3, -0.25) is 0 Å². The number of aromatic nitrogens is 4. The summed E-state index contributed by atoms with van der Waals surface area (Å²) in [6, 6.07) is 9.45. The number of hydrogen-bond donors (Lipinski definition) is 3. The van der Waals surface area contributed by atoms with Crippen LogP contribution in [0.1, 0.15) is 11.4 Å². The summed E-state index contributed by atoms with van der Waals surface area (Å²) in [5, 5.41) is 10.6. The van der Waals surface area contributed by atoms with E-state index < -0.39 is 0 Å². The maximum atomic E-state index is 5.79. The molecular formula is C17H21N7O. The van der Waals surface area contributed by atoms with Gasteiger partial charge in [-0.1, -0.05) is 0 Å². The Bertz CT molecular complexity index is 875. The predicted octanol–water partition coefficient (Wildman–Crippen LogP) is 2.22. The fourth-order valence-electron chi connectivity index (χ4n) is 2.52. The Kier molecular flexibility index (Phi) is 4.80. The summed E-state index contributed by atoms with van der Waals surface area (Å²) in [5.74, 6) is 1.96. The zero-order valence-corrected chi connectivity index (χ0v) is 14.4. The van der Waals surface area contributed by atoms with E-state index in [-0.39, 0.29) is 0 Å². The molecule has 0 saturated heterocycles. The first kappa shape index (κ1) is 16.7.